The molecule has 1 aliphatic rings. The van der Waals surface area contributed by atoms with Crippen molar-refractivity contribution < 1.29 is 13.2 Å². The number of piperazine rings is 1. The Morgan fingerprint density at radius 1 is 0.974 bits per heavy atom. The fourth-order valence-corrected chi connectivity index (χ4v) is 6.39. The molecule has 0 spiro atoms. The highest BCUT2D eigenvalue weighted by atomic mass is 32.2. The minimum atomic E-state index is -3.76. The molecule has 39 heavy (non-hydrogen) atoms. The molecule has 4 rings (SSSR count). The average molecular weight is 554 g/mol. The third-order valence-electron chi connectivity index (χ3n) is 7.41. The summed E-state index contributed by atoms with van der Waals surface area (Å²) in [7, 11) is 0.0180. The van der Waals surface area contributed by atoms with Gasteiger partial charge in [0.1, 0.15) is 5.82 Å². The second kappa shape index (κ2) is 12.2. The Morgan fingerprint density at radius 2 is 1.62 bits per heavy atom. The Labute approximate surface area is 234 Å². The number of aromatic nitrogens is 2. The zero-order chi connectivity index (χ0) is 28.2. The van der Waals surface area contributed by atoms with E-state index in [1.165, 1.54) is 0 Å². The van der Waals surface area contributed by atoms with Gasteiger partial charge in [-0.3, -0.25) is 0 Å². The van der Waals surface area contributed by atoms with E-state index in [1.54, 1.807) is 23.5 Å². The van der Waals surface area contributed by atoms with Gasteiger partial charge in [-0.1, -0.05) is 51.1 Å². The molecular formula is C30H43N5O3S. The molecule has 0 unspecified atom stereocenters. The van der Waals surface area contributed by atoms with Crippen molar-refractivity contribution in [1.82, 2.24) is 19.0 Å². The van der Waals surface area contributed by atoms with Crippen molar-refractivity contribution in [2.75, 3.05) is 58.4 Å². The predicted octanol–water partition coefficient (Wildman–Crippen LogP) is 4.46. The van der Waals surface area contributed by atoms with Crippen LogP contribution in [-0.2, 0) is 26.7 Å². The predicted molar refractivity (Wildman–Crippen MR) is 157 cm³/mol. The van der Waals surface area contributed by atoms with Gasteiger partial charge in [-0.25, -0.2) is 13.1 Å². The molecular weight excluding hydrogens is 510 g/mol. The molecule has 0 atom stereocenters. The number of aryl methyl sites for hydroxylation is 1. The van der Waals surface area contributed by atoms with Gasteiger partial charge >= 0.3 is 0 Å². The summed E-state index contributed by atoms with van der Waals surface area (Å²) in [5.41, 5.74) is 3.79. The van der Waals surface area contributed by atoms with Crippen LogP contribution < -0.4 is 4.90 Å². The molecule has 2 heterocycles. The molecule has 0 bridgehead atoms. The summed E-state index contributed by atoms with van der Waals surface area (Å²) in [6.45, 7) is 13.0. The van der Waals surface area contributed by atoms with E-state index in [9.17, 15) is 8.42 Å². The topological polar surface area (TPSA) is 70.9 Å². The van der Waals surface area contributed by atoms with Crippen LogP contribution in [0, 0.1) is 6.92 Å². The van der Waals surface area contributed by atoms with E-state index in [-0.39, 0.29) is 12.0 Å². The number of nitrogens with zero attached hydrogens (tertiary/aromatic N) is 5. The smallest absolute Gasteiger partial charge is 0.243 e. The molecule has 1 aromatic heterocycles. The molecule has 8 nitrogen and oxygen atoms in total. The minimum Gasteiger partial charge on any atom is -0.385 e. The van der Waals surface area contributed by atoms with Crippen molar-refractivity contribution >= 4 is 15.8 Å². The standard InChI is InChI=1S/C30H43N5O3S/c1-24-28(29(33-20-18-32(5)19-21-33)35(31-24)26-11-8-7-9-12-26)23-34(17-10-22-38-6)39(36,37)27-15-13-25(14-16-27)30(2,3)4/h7-9,11-16H,10,17-23H2,1-6H3. The summed E-state index contributed by atoms with van der Waals surface area (Å²) in [5, 5.41) is 4.93. The average Bonchev–Trinajstić information content (AvgIpc) is 3.24. The second-order valence-corrected chi connectivity index (χ2v) is 13.3. The number of rotatable bonds is 10. The maximum absolute atomic E-state index is 14.0. The van der Waals surface area contributed by atoms with E-state index in [0.29, 0.717) is 24.5 Å². The van der Waals surface area contributed by atoms with Crippen LogP contribution in [0.4, 0.5) is 5.82 Å². The Hall–Kier alpha value is -2.72. The lowest BCUT2D eigenvalue weighted by Gasteiger charge is -2.35. The van der Waals surface area contributed by atoms with Gasteiger partial charge < -0.3 is 14.5 Å². The van der Waals surface area contributed by atoms with Crippen LogP contribution in [0.25, 0.3) is 5.69 Å². The number of likely N-dealkylation sites (N-methyl/N-ethyl adjacent to an activating group) is 1. The molecule has 2 aromatic carbocycles. The van der Waals surface area contributed by atoms with Gasteiger partial charge in [0, 0.05) is 58.5 Å². The summed E-state index contributed by atoms with van der Waals surface area (Å²) in [6, 6.07) is 17.4. The summed E-state index contributed by atoms with van der Waals surface area (Å²) in [6.07, 6.45) is 0.603. The maximum atomic E-state index is 14.0. The Kier molecular flexibility index (Phi) is 9.16. The highest BCUT2D eigenvalue weighted by Crippen LogP contribution is 2.32. The molecule has 0 N–H and O–H groups in total. The van der Waals surface area contributed by atoms with Crippen molar-refractivity contribution in [1.29, 1.82) is 0 Å². The highest BCUT2D eigenvalue weighted by molar-refractivity contribution is 7.89. The lowest BCUT2D eigenvalue weighted by atomic mass is 9.87. The molecule has 1 fully saturated rings. The largest absolute Gasteiger partial charge is 0.385 e. The molecule has 0 aliphatic carbocycles. The Morgan fingerprint density at radius 3 is 2.21 bits per heavy atom. The number of benzene rings is 2. The summed E-state index contributed by atoms with van der Waals surface area (Å²) >= 11 is 0. The first kappa shape index (κ1) is 29.3. The summed E-state index contributed by atoms with van der Waals surface area (Å²) in [4.78, 5) is 4.97. The van der Waals surface area contributed by atoms with E-state index in [1.807, 2.05) is 54.1 Å². The molecule has 0 amide bonds. The number of sulfonamides is 1. The second-order valence-electron chi connectivity index (χ2n) is 11.4. The number of para-hydroxylation sites is 1. The normalized spacial score (nSPS) is 15.3. The third-order valence-corrected chi connectivity index (χ3v) is 9.27. The fraction of sp³-hybridized carbons (Fsp3) is 0.500. The number of hydrogen-bond donors (Lipinski definition) is 0. The van der Waals surface area contributed by atoms with Crippen LogP contribution in [0.3, 0.4) is 0 Å². The van der Waals surface area contributed by atoms with Crippen molar-refractivity contribution in [3.63, 3.8) is 0 Å². The molecule has 212 valence electrons. The lowest BCUT2D eigenvalue weighted by Crippen LogP contribution is -2.45. The van der Waals surface area contributed by atoms with E-state index in [0.717, 1.165) is 54.5 Å². The first-order valence-corrected chi connectivity index (χ1v) is 15.1. The van der Waals surface area contributed by atoms with Gasteiger partial charge in [0.2, 0.25) is 10.0 Å². The van der Waals surface area contributed by atoms with Gasteiger partial charge in [0.25, 0.3) is 0 Å². The molecule has 3 aromatic rings. The molecule has 1 saturated heterocycles. The van der Waals surface area contributed by atoms with Crippen LogP contribution in [-0.4, -0.2) is 80.9 Å². The van der Waals surface area contributed by atoms with Crippen molar-refractivity contribution in [2.45, 2.75) is 51.0 Å². The van der Waals surface area contributed by atoms with E-state index in [2.05, 4.69) is 37.6 Å². The van der Waals surface area contributed by atoms with E-state index in [4.69, 9.17) is 9.84 Å². The molecule has 1 aliphatic heterocycles. The Bertz CT molecular complexity index is 1320. The van der Waals surface area contributed by atoms with Crippen LogP contribution in [0.2, 0.25) is 0 Å². The van der Waals surface area contributed by atoms with Gasteiger partial charge in [0.05, 0.1) is 16.3 Å². The molecule has 0 radical (unpaired) electrons. The first-order valence-electron chi connectivity index (χ1n) is 13.7. The number of hydrogen-bond acceptors (Lipinski definition) is 6. The zero-order valence-electron chi connectivity index (χ0n) is 24.2. The van der Waals surface area contributed by atoms with Crippen LogP contribution in [0.1, 0.15) is 44.0 Å². The minimum absolute atomic E-state index is 0.0546. The van der Waals surface area contributed by atoms with Crippen molar-refractivity contribution in [3.8, 4) is 5.69 Å². The monoisotopic (exact) mass is 553 g/mol. The summed E-state index contributed by atoms with van der Waals surface area (Å²) in [5.74, 6) is 0.974. The number of methoxy groups -OCH3 is 1. The first-order chi connectivity index (χ1) is 18.5. The molecule has 0 saturated carbocycles. The third kappa shape index (κ3) is 6.72. The zero-order valence-corrected chi connectivity index (χ0v) is 25.0. The van der Waals surface area contributed by atoms with Gasteiger partial charge in [0.15, 0.2) is 0 Å². The van der Waals surface area contributed by atoms with Crippen LogP contribution in [0.5, 0.6) is 0 Å². The fourth-order valence-electron chi connectivity index (χ4n) is 4.95. The van der Waals surface area contributed by atoms with Crippen LogP contribution >= 0.6 is 0 Å². The van der Waals surface area contributed by atoms with Gasteiger partial charge in [-0.05, 0) is 55.6 Å². The molecule has 9 heteroatoms. The quantitative estimate of drug-likeness (QED) is 0.346. The number of ether oxygens (including phenoxy) is 1. The van der Waals surface area contributed by atoms with Crippen molar-refractivity contribution in [2.24, 2.45) is 0 Å². The lowest BCUT2D eigenvalue weighted by molar-refractivity contribution is 0.186. The van der Waals surface area contributed by atoms with E-state index < -0.39 is 10.0 Å². The van der Waals surface area contributed by atoms with Gasteiger partial charge in [-0.2, -0.15) is 9.40 Å². The summed E-state index contributed by atoms with van der Waals surface area (Å²) < 4.78 is 36.9. The Balaban J connectivity index is 1.75. The van der Waals surface area contributed by atoms with Crippen molar-refractivity contribution in [3.05, 3.63) is 71.4 Å². The van der Waals surface area contributed by atoms with E-state index >= 15 is 0 Å². The maximum Gasteiger partial charge on any atom is 0.243 e. The van der Waals surface area contributed by atoms with Gasteiger partial charge in [-0.15, -0.1) is 0 Å². The van der Waals surface area contributed by atoms with Crippen LogP contribution in [0.15, 0.2) is 59.5 Å². The highest BCUT2D eigenvalue weighted by Gasteiger charge is 2.31. The number of anilines is 1. The SMILES string of the molecule is COCCCN(Cc1c(C)nn(-c2ccccc2)c1N1CCN(C)CC1)S(=O)(=O)c1ccc(C(C)(C)C)cc1.